The van der Waals surface area contributed by atoms with E-state index < -0.39 is 5.41 Å². The number of rotatable bonds is 5. The summed E-state index contributed by atoms with van der Waals surface area (Å²) >= 11 is 0. The average Bonchev–Trinajstić information content (AvgIpc) is 3.86. The molecule has 2 heteroatoms. The Balaban J connectivity index is 1.09. The third kappa shape index (κ3) is 4.99. The lowest BCUT2D eigenvalue weighted by Crippen LogP contribution is -2.32. The molecule has 2 aliphatic rings. The minimum atomic E-state index is -0.634. The van der Waals surface area contributed by atoms with Gasteiger partial charge in [0.05, 0.1) is 16.4 Å². The third-order valence-corrected chi connectivity index (χ3v) is 14.4. The van der Waals surface area contributed by atoms with Crippen LogP contribution in [0.4, 0.5) is 17.1 Å². The summed E-state index contributed by atoms with van der Waals surface area (Å²) in [6, 6.07) is 90.4. The van der Waals surface area contributed by atoms with Gasteiger partial charge >= 0.3 is 0 Å². The van der Waals surface area contributed by atoms with Crippen LogP contribution in [0.5, 0.6) is 0 Å². The minimum absolute atomic E-state index is 0.634. The highest BCUT2D eigenvalue weighted by atomic mass is 15.1. The van der Waals surface area contributed by atoms with E-state index in [-0.39, 0.29) is 0 Å². The molecule has 11 aromatic carbocycles. The zero-order valence-corrected chi connectivity index (χ0v) is 35.5. The van der Waals surface area contributed by atoms with Gasteiger partial charge in [0.2, 0.25) is 0 Å². The summed E-state index contributed by atoms with van der Waals surface area (Å²) in [6.07, 6.45) is 0. The molecule has 0 N–H and O–H groups in total. The van der Waals surface area contributed by atoms with E-state index in [1.165, 1.54) is 99.0 Å². The third-order valence-electron chi connectivity index (χ3n) is 14.4. The Bertz CT molecular complexity index is 3890. The predicted molar refractivity (Wildman–Crippen MR) is 272 cm³/mol. The van der Waals surface area contributed by atoms with Crippen LogP contribution in [0, 0.1) is 0 Å². The molecule has 1 aromatic heterocycles. The van der Waals surface area contributed by atoms with Gasteiger partial charge in [0.1, 0.15) is 0 Å². The first kappa shape index (κ1) is 36.1. The van der Waals surface area contributed by atoms with Crippen LogP contribution in [-0.4, -0.2) is 4.57 Å². The Morgan fingerprint density at radius 1 is 0.308 bits per heavy atom. The normalized spacial score (nSPS) is 14.5. The summed E-state index contributed by atoms with van der Waals surface area (Å²) in [6.45, 7) is 0. The average molecular weight is 825 g/mol. The van der Waals surface area contributed by atoms with E-state index in [1.54, 1.807) is 0 Å². The van der Waals surface area contributed by atoms with E-state index in [2.05, 4.69) is 252 Å². The highest BCUT2D eigenvalue weighted by molar-refractivity contribution is 6.13. The van der Waals surface area contributed by atoms with Crippen molar-refractivity contribution in [2.45, 2.75) is 5.41 Å². The predicted octanol–water partition coefficient (Wildman–Crippen LogP) is 16.6. The summed E-state index contributed by atoms with van der Waals surface area (Å²) in [5, 5.41) is 7.56. The number of benzene rings is 11. The van der Waals surface area contributed by atoms with E-state index in [4.69, 9.17) is 0 Å². The van der Waals surface area contributed by atoms with E-state index >= 15 is 0 Å². The summed E-state index contributed by atoms with van der Waals surface area (Å²) < 4.78 is 2.41. The van der Waals surface area contributed by atoms with Crippen molar-refractivity contribution in [2.24, 2.45) is 0 Å². The second-order valence-electron chi connectivity index (χ2n) is 17.6. The molecule has 0 saturated heterocycles. The fourth-order valence-corrected chi connectivity index (χ4v) is 11.8. The number of hydrogen-bond acceptors (Lipinski definition) is 1. The summed E-state index contributed by atoms with van der Waals surface area (Å²) in [5.41, 5.74) is 19.1. The molecule has 1 heterocycles. The van der Waals surface area contributed by atoms with Gasteiger partial charge in [-0.1, -0.05) is 188 Å². The highest BCUT2D eigenvalue weighted by Gasteiger charge is 2.51. The van der Waals surface area contributed by atoms with Gasteiger partial charge < -0.3 is 9.47 Å². The molecule has 12 aromatic rings. The van der Waals surface area contributed by atoms with Crippen molar-refractivity contribution in [1.82, 2.24) is 4.57 Å². The molecule has 0 aliphatic heterocycles. The van der Waals surface area contributed by atoms with Crippen molar-refractivity contribution in [3.05, 3.63) is 265 Å². The topological polar surface area (TPSA) is 8.17 Å². The molecule has 1 spiro atoms. The number of hydrogen-bond donors (Lipinski definition) is 0. The van der Waals surface area contributed by atoms with E-state index in [0.29, 0.717) is 0 Å². The standard InChI is InChI=1S/C63H40N2/c1-3-20-43(21-4-1)64(46-35-38-53-52-27-11-14-32-59(52)65(60(53)40-46)44-22-5-2-6-23-44)45-34-37-51-49-25-9-12-30-56(49)63(58(51)39-45)57-31-13-10-26-50(57)54-29-16-19-42-33-36-55(62(63)61(42)54)48-28-15-18-41-17-7-8-24-47(41)48/h1-40H. The van der Waals surface area contributed by atoms with Gasteiger partial charge in [-0.05, 0) is 132 Å². The fourth-order valence-electron chi connectivity index (χ4n) is 11.8. The van der Waals surface area contributed by atoms with Crippen molar-refractivity contribution in [1.29, 1.82) is 0 Å². The van der Waals surface area contributed by atoms with E-state index in [1.807, 2.05) is 0 Å². The number of anilines is 3. The quantitative estimate of drug-likeness (QED) is 0.168. The van der Waals surface area contributed by atoms with Crippen LogP contribution >= 0.6 is 0 Å². The zero-order valence-electron chi connectivity index (χ0n) is 35.5. The Morgan fingerprint density at radius 3 is 1.68 bits per heavy atom. The second kappa shape index (κ2) is 13.8. The number of para-hydroxylation sites is 3. The molecule has 0 radical (unpaired) electrons. The molecular weight excluding hydrogens is 785 g/mol. The first-order valence-electron chi connectivity index (χ1n) is 22.6. The lowest BCUT2D eigenvalue weighted by molar-refractivity contribution is 0.775. The van der Waals surface area contributed by atoms with Gasteiger partial charge in [-0.25, -0.2) is 0 Å². The molecule has 65 heavy (non-hydrogen) atoms. The largest absolute Gasteiger partial charge is 0.310 e. The van der Waals surface area contributed by atoms with Gasteiger partial charge in [0.25, 0.3) is 0 Å². The van der Waals surface area contributed by atoms with Crippen molar-refractivity contribution >= 4 is 60.4 Å². The molecule has 0 amide bonds. The Labute approximate surface area is 377 Å². The molecule has 14 rings (SSSR count). The van der Waals surface area contributed by atoms with Crippen LogP contribution < -0.4 is 4.90 Å². The minimum Gasteiger partial charge on any atom is -0.310 e. The van der Waals surface area contributed by atoms with Gasteiger partial charge in [-0.2, -0.15) is 0 Å². The fraction of sp³-hybridized carbons (Fsp3) is 0.0159. The highest BCUT2D eigenvalue weighted by Crippen LogP contribution is 2.64. The van der Waals surface area contributed by atoms with Crippen LogP contribution in [0.1, 0.15) is 22.3 Å². The molecule has 302 valence electrons. The molecule has 2 nitrogen and oxygen atoms in total. The maximum Gasteiger partial charge on any atom is 0.0732 e. The molecular formula is C63H40N2. The molecule has 0 saturated carbocycles. The Hall–Kier alpha value is -8.46. The van der Waals surface area contributed by atoms with E-state index in [0.717, 1.165) is 22.7 Å². The van der Waals surface area contributed by atoms with Gasteiger partial charge in [-0.15, -0.1) is 0 Å². The molecule has 1 atom stereocenters. The monoisotopic (exact) mass is 824 g/mol. The van der Waals surface area contributed by atoms with Crippen LogP contribution in [-0.2, 0) is 5.41 Å². The van der Waals surface area contributed by atoms with Crippen molar-refractivity contribution in [3.8, 4) is 39.1 Å². The summed E-state index contributed by atoms with van der Waals surface area (Å²) in [5.74, 6) is 0. The SMILES string of the molecule is c1ccc(N(c2ccc3c(c2)C2(c4ccccc4-3)c3ccccc3-c3cccc4ccc(-c5cccc6ccccc56)c2c34)c2ccc3c4ccccc4n(-c4ccccc4)c3c2)cc1. The first-order valence-corrected chi connectivity index (χ1v) is 22.6. The smallest absolute Gasteiger partial charge is 0.0732 e. The van der Waals surface area contributed by atoms with Crippen LogP contribution in [0.15, 0.2) is 243 Å². The van der Waals surface area contributed by atoms with Gasteiger partial charge in [-0.3, -0.25) is 0 Å². The lowest BCUT2D eigenvalue weighted by atomic mass is 9.60. The number of nitrogens with zero attached hydrogens (tertiary/aromatic N) is 2. The summed E-state index contributed by atoms with van der Waals surface area (Å²) in [4.78, 5) is 2.46. The van der Waals surface area contributed by atoms with Gasteiger partial charge in [0.15, 0.2) is 0 Å². The lowest BCUT2D eigenvalue weighted by Gasteiger charge is -2.42. The van der Waals surface area contributed by atoms with Crippen LogP contribution in [0.25, 0.3) is 82.4 Å². The van der Waals surface area contributed by atoms with E-state index in [9.17, 15) is 0 Å². The molecule has 1 unspecified atom stereocenters. The van der Waals surface area contributed by atoms with Crippen molar-refractivity contribution in [2.75, 3.05) is 4.90 Å². The van der Waals surface area contributed by atoms with Crippen molar-refractivity contribution < 1.29 is 0 Å². The first-order chi connectivity index (χ1) is 32.3. The second-order valence-corrected chi connectivity index (χ2v) is 17.6. The van der Waals surface area contributed by atoms with Crippen molar-refractivity contribution in [3.63, 3.8) is 0 Å². The van der Waals surface area contributed by atoms with Crippen LogP contribution in [0.3, 0.4) is 0 Å². The number of aromatic nitrogens is 1. The summed E-state index contributed by atoms with van der Waals surface area (Å²) in [7, 11) is 0. The number of fused-ring (bicyclic) bond motifs is 13. The zero-order chi connectivity index (χ0) is 42.6. The van der Waals surface area contributed by atoms with Gasteiger partial charge in [0, 0.05) is 33.5 Å². The maximum atomic E-state index is 2.52. The molecule has 0 fully saturated rings. The maximum absolute atomic E-state index is 2.52. The molecule has 2 aliphatic carbocycles. The molecule has 0 bridgehead atoms. The Morgan fingerprint density at radius 2 is 0.862 bits per heavy atom. The Kier molecular flexibility index (Phi) is 7.64. The van der Waals surface area contributed by atoms with Crippen LogP contribution in [0.2, 0.25) is 0 Å².